The fraction of sp³-hybridized carbons (Fsp3) is 0.471. The quantitative estimate of drug-likeness (QED) is 0.744. The number of aryl methyl sites for hydroxylation is 2. The maximum atomic E-state index is 4.06. The molecule has 0 bridgehead atoms. The number of nitrogens with one attached hydrogen (secondary N) is 1. The van der Waals surface area contributed by atoms with Crippen molar-refractivity contribution < 1.29 is 0 Å². The Bertz CT molecular complexity index is 473. The lowest BCUT2D eigenvalue weighted by Gasteiger charge is -2.18. The molecule has 2 aromatic rings. The number of hydrogen-bond donors (Lipinski definition) is 1. The van der Waals surface area contributed by atoms with Crippen molar-refractivity contribution in [2.24, 2.45) is 0 Å². The Labute approximate surface area is 122 Å². The molecule has 20 heavy (non-hydrogen) atoms. The van der Waals surface area contributed by atoms with Gasteiger partial charge in [0.2, 0.25) is 0 Å². The van der Waals surface area contributed by atoms with E-state index >= 15 is 0 Å². The molecular formula is C17H25N3. The van der Waals surface area contributed by atoms with Gasteiger partial charge in [-0.2, -0.15) is 0 Å². The van der Waals surface area contributed by atoms with Crippen molar-refractivity contribution >= 4 is 0 Å². The third kappa shape index (κ3) is 4.20. The number of nitrogens with zero attached hydrogens (tertiary/aromatic N) is 2. The summed E-state index contributed by atoms with van der Waals surface area (Å²) in [7, 11) is 0. The van der Waals surface area contributed by atoms with Gasteiger partial charge >= 0.3 is 0 Å². The van der Waals surface area contributed by atoms with Crippen LogP contribution in [0.25, 0.3) is 0 Å². The van der Waals surface area contributed by atoms with Gasteiger partial charge in [0.15, 0.2) is 0 Å². The summed E-state index contributed by atoms with van der Waals surface area (Å²) >= 11 is 0. The fourth-order valence-electron chi connectivity index (χ4n) is 2.44. The number of aromatic nitrogens is 2. The van der Waals surface area contributed by atoms with Crippen molar-refractivity contribution in [3.05, 3.63) is 54.1 Å². The smallest absolute Gasteiger partial charge is 0.0945 e. The van der Waals surface area contributed by atoms with Gasteiger partial charge in [0, 0.05) is 25.0 Å². The molecule has 1 atom stereocenters. The summed E-state index contributed by atoms with van der Waals surface area (Å²) in [6, 6.07) is 9.46. The molecule has 1 aromatic carbocycles. The van der Waals surface area contributed by atoms with Crippen LogP contribution in [-0.4, -0.2) is 16.1 Å². The zero-order valence-electron chi connectivity index (χ0n) is 12.5. The van der Waals surface area contributed by atoms with Crippen molar-refractivity contribution in [1.82, 2.24) is 14.9 Å². The average Bonchev–Trinajstić information content (AvgIpc) is 3.01. The number of hydrogen-bond acceptors (Lipinski definition) is 2. The Hall–Kier alpha value is -1.61. The lowest BCUT2D eigenvalue weighted by Crippen LogP contribution is -2.22. The second-order valence-electron chi connectivity index (χ2n) is 5.16. The Morgan fingerprint density at radius 2 is 2.00 bits per heavy atom. The molecule has 0 aliphatic carbocycles. The van der Waals surface area contributed by atoms with Crippen LogP contribution in [0, 0.1) is 0 Å². The Morgan fingerprint density at radius 3 is 2.60 bits per heavy atom. The summed E-state index contributed by atoms with van der Waals surface area (Å²) in [5.74, 6) is 0. The number of rotatable bonds is 8. The Balaban J connectivity index is 1.79. The summed E-state index contributed by atoms with van der Waals surface area (Å²) in [6.45, 7) is 6.49. The molecule has 1 N–H and O–H groups in total. The van der Waals surface area contributed by atoms with Crippen molar-refractivity contribution in [3.8, 4) is 0 Å². The maximum absolute atomic E-state index is 4.06. The summed E-state index contributed by atoms with van der Waals surface area (Å²) < 4.78 is 2.12. The van der Waals surface area contributed by atoms with Gasteiger partial charge in [-0.05, 0) is 36.9 Å². The minimum absolute atomic E-state index is 0.462. The lowest BCUT2D eigenvalue weighted by molar-refractivity contribution is 0.491. The third-order valence-electron chi connectivity index (χ3n) is 3.74. The fourth-order valence-corrected chi connectivity index (χ4v) is 2.44. The normalized spacial score (nSPS) is 12.5. The summed E-state index contributed by atoms with van der Waals surface area (Å²) in [5, 5.41) is 3.65. The predicted octanol–water partition coefficient (Wildman–Crippen LogP) is 3.58. The third-order valence-corrected chi connectivity index (χ3v) is 3.74. The summed E-state index contributed by atoms with van der Waals surface area (Å²) in [5.41, 5.74) is 2.80. The first-order chi connectivity index (χ1) is 9.83. The summed E-state index contributed by atoms with van der Waals surface area (Å²) in [4.78, 5) is 4.06. The van der Waals surface area contributed by atoms with E-state index in [9.17, 15) is 0 Å². The van der Waals surface area contributed by atoms with Crippen molar-refractivity contribution in [2.75, 3.05) is 6.54 Å². The monoisotopic (exact) mass is 271 g/mol. The van der Waals surface area contributed by atoms with E-state index in [1.54, 1.807) is 0 Å². The molecule has 0 amide bonds. The lowest BCUT2D eigenvalue weighted by atomic mass is 10.0. The van der Waals surface area contributed by atoms with E-state index < -0.39 is 0 Å². The molecule has 3 heteroatoms. The van der Waals surface area contributed by atoms with Crippen molar-refractivity contribution in [2.45, 2.75) is 45.7 Å². The molecule has 1 aromatic heterocycles. The largest absolute Gasteiger partial charge is 0.337 e. The van der Waals surface area contributed by atoms with E-state index in [1.165, 1.54) is 11.1 Å². The average molecular weight is 271 g/mol. The minimum atomic E-state index is 0.462. The molecule has 0 aliphatic heterocycles. The van der Waals surface area contributed by atoms with Crippen LogP contribution in [0.2, 0.25) is 0 Å². The van der Waals surface area contributed by atoms with Gasteiger partial charge in [0.1, 0.15) is 0 Å². The molecule has 1 unspecified atom stereocenters. The molecule has 0 spiro atoms. The van der Waals surface area contributed by atoms with Gasteiger partial charge in [0.25, 0.3) is 0 Å². The highest BCUT2D eigenvalue weighted by Gasteiger charge is 2.07. The first kappa shape index (κ1) is 14.8. The molecule has 0 radical (unpaired) electrons. The zero-order chi connectivity index (χ0) is 14.2. The SMILES string of the molecule is CCc1ccc(C(CC)NCCCn2ccnc2)cc1. The van der Waals surface area contributed by atoms with Crippen LogP contribution >= 0.6 is 0 Å². The van der Waals surface area contributed by atoms with E-state index in [0.29, 0.717) is 6.04 Å². The van der Waals surface area contributed by atoms with E-state index in [2.05, 4.69) is 53.0 Å². The molecule has 2 rings (SSSR count). The highest BCUT2D eigenvalue weighted by molar-refractivity contribution is 5.24. The molecule has 3 nitrogen and oxygen atoms in total. The maximum Gasteiger partial charge on any atom is 0.0945 e. The van der Waals surface area contributed by atoms with Crippen LogP contribution in [0.15, 0.2) is 43.0 Å². The Kier molecular flexibility index (Phi) is 5.81. The number of benzene rings is 1. The van der Waals surface area contributed by atoms with Gasteiger partial charge in [0.05, 0.1) is 6.33 Å². The van der Waals surface area contributed by atoms with Gasteiger partial charge in [-0.1, -0.05) is 38.1 Å². The molecule has 0 aliphatic rings. The van der Waals surface area contributed by atoms with Crippen LogP contribution in [0.4, 0.5) is 0 Å². The van der Waals surface area contributed by atoms with Crippen molar-refractivity contribution in [3.63, 3.8) is 0 Å². The number of imidazole rings is 1. The van der Waals surface area contributed by atoms with E-state index in [-0.39, 0.29) is 0 Å². The highest BCUT2D eigenvalue weighted by Crippen LogP contribution is 2.17. The topological polar surface area (TPSA) is 29.9 Å². The molecule has 0 saturated heterocycles. The standard InChI is InChI=1S/C17H25N3/c1-3-15-6-8-16(9-7-15)17(4-2)19-10-5-12-20-13-11-18-14-20/h6-9,11,13-14,17,19H,3-5,10,12H2,1-2H3. The van der Waals surface area contributed by atoms with Gasteiger partial charge < -0.3 is 9.88 Å². The van der Waals surface area contributed by atoms with E-state index in [4.69, 9.17) is 0 Å². The molecular weight excluding hydrogens is 246 g/mol. The highest BCUT2D eigenvalue weighted by atomic mass is 15.0. The van der Waals surface area contributed by atoms with E-state index in [1.807, 2.05) is 18.7 Å². The van der Waals surface area contributed by atoms with E-state index in [0.717, 1.165) is 32.4 Å². The molecule has 1 heterocycles. The predicted molar refractivity (Wildman–Crippen MR) is 83.7 cm³/mol. The zero-order valence-corrected chi connectivity index (χ0v) is 12.5. The second-order valence-corrected chi connectivity index (χ2v) is 5.16. The van der Waals surface area contributed by atoms with Crippen LogP contribution in [0.1, 0.15) is 43.9 Å². The van der Waals surface area contributed by atoms with Crippen LogP contribution in [0.5, 0.6) is 0 Å². The summed E-state index contributed by atoms with van der Waals surface area (Å²) in [6.07, 6.45) is 9.07. The van der Waals surface area contributed by atoms with Gasteiger partial charge in [-0.25, -0.2) is 4.98 Å². The van der Waals surface area contributed by atoms with Crippen LogP contribution in [0.3, 0.4) is 0 Å². The first-order valence-corrected chi connectivity index (χ1v) is 7.61. The molecule has 0 saturated carbocycles. The Morgan fingerprint density at radius 1 is 1.20 bits per heavy atom. The second kappa shape index (κ2) is 7.85. The molecule has 0 fully saturated rings. The van der Waals surface area contributed by atoms with Gasteiger partial charge in [-0.15, -0.1) is 0 Å². The first-order valence-electron chi connectivity index (χ1n) is 7.61. The van der Waals surface area contributed by atoms with Gasteiger partial charge in [-0.3, -0.25) is 0 Å². The van der Waals surface area contributed by atoms with Crippen LogP contribution in [-0.2, 0) is 13.0 Å². The molecule has 108 valence electrons. The minimum Gasteiger partial charge on any atom is -0.337 e. The van der Waals surface area contributed by atoms with Crippen LogP contribution < -0.4 is 5.32 Å². The van der Waals surface area contributed by atoms with Crippen molar-refractivity contribution in [1.29, 1.82) is 0 Å².